The van der Waals surface area contributed by atoms with Crippen molar-refractivity contribution >= 4 is 23.0 Å². The first kappa shape index (κ1) is 22.3. The number of hydrogen-bond acceptors (Lipinski definition) is 4. The molecule has 1 aliphatic rings. The second kappa shape index (κ2) is 10.1. The van der Waals surface area contributed by atoms with Crippen molar-refractivity contribution in [3.63, 3.8) is 0 Å². The van der Waals surface area contributed by atoms with Gasteiger partial charge in [-0.05, 0) is 69.5 Å². The Morgan fingerprint density at radius 1 is 1.03 bits per heavy atom. The van der Waals surface area contributed by atoms with E-state index in [2.05, 4.69) is 42.0 Å². The molecule has 0 bridgehead atoms. The van der Waals surface area contributed by atoms with Gasteiger partial charge >= 0.3 is 6.15 Å². The van der Waals surface area contributed by atoms with E-state index >= 15 is 0 Å². The van der Waals surface area contributed by atoms with Gasteiger partial charge in [-0.3, -0.25) is 4.79 Å². The summed E-state index contributed by atoms with van der Waals surface area (Å²) in [4.78, 5) is 31.1. The second-order valence-electron chi connectivity index (χ2n) is 8.03. The average Bonchev–Trinajstić information content (AvgIpc) is 3.11. The number of likely N-dealkylation sites (tertiary alicyclic amines) is 1. The van der Waals surface area contributed by atoms with Crippen LogP contribution in [0.2, 0.25) is 0 Å². The molecule has 6 nitrogen and oxygen atoms in total. The van der Waals surface area contributed by atoms with E-state index in [9.17, 15) is 4.79 Å². The Bertz CT molecular complexity index is 1050. The van der Waals surface area contributed by atoms with Gasteiger partial charge in [0.25, 0.3) is 5.91 Å². The number of para-hydroxylation sites is 1. The minimum absolute atomic E-state index is 0.114. The van der Waals surface area contributed by atoms with Crippen molar-refractivity contribution in [3.05, 3.63) is 65.9 Å². The molecule has 162 valence electrons. The number of nitrogens with zero attached hydrogens (tertiary/aromatic N) is 2. The Balaban J connectivity index is 0.000000858. The molecule has 0 N–H and O–H groups in total. The van der Waals surface area contributed by atoms with Gasteiger partial charge in [0, 0.05) is 41.8 Å². The molecule has 0 saturated carbocycles. The molecule has 1 fully saturated rings. The lowest BCUT2D eigenvalue weighted by Crippen LogP contribution is -2.39. The molecule has 0 aliphatic carbocycles. The predicted octanol–water partition coefficient (Wildman–Crippen LogP) is 4.63. The number of ether oxygens (including phenoxy) is 1. The van der Waals surface area contributed by atoms with Gasteiger partial charge in [0.1, 0.15) is 5.75 Å². The Kier molecular flexibility index (Phi) is 7.27. The summed E-state index contributed by atoms with van der Waals surface area (Å²) < 4.78 is 8.07. The second-order valence-corrected chi connectivity index (χ2v) is 8.03. The molecule has 1 saturated heterocycles. The molecule has 4 rings (SSSR count). The van der Waals surface area contributed by atoms with Crippen molar-refractivity contribution in [1.29, 1.82) is 0 Å². The standard InChI is InChI=1S/C24H28N2O2.CO2/c1-17(2)28-21-10-8-19(9-11-21)24(27)25-14-12-20(13-15-25)26-16-18(3)22-6-4-5-7-23(22)26;2-1-3/h4-11,16-17,20H,12-15H2,1-3H3;. The highest BCUT2D eigenvalue weighted by molar-refractivity contribution is 5.94. The molecule has 6 heteroatoms. The van der Waals surface area contributed by atoms with Crippen LogP contribution in [0.4, 0.5) is 0 Å². The maximum atomic E-state index is 12.9. The van der Waals surface area contributed by atoms with Crippen LogP contribution in [0.5, 0.6) is 5.75 Å². The van der Waals surface area contributed by atoms with Crippen molar-refractivity contribution in [2.45, 2.75) is 45.8 Å². The Hall–Kier alpha value is -3.37. The van der Waals surface area contributed by atoms with Crippen molar-refractivity contribution in [2.24, 2.45) is 0 Å². The highest BCUT2D eigenvalue weighted by Gasteiger charge is 2.25. The van der Waals surface area contributed by atoms with Crippen LogP contribution >= 0.6 is 0 Å². The van der Waals surface area contributed by atoms with Crippen LogP contribution in [-0.4, -0.2) is 40.7 Å². The zero-order valence-corrected chi connectivity index (χ0v) is 18.2. The Morgan fingerprint density at radius 3 is 2.26 bits per heavy atom. The maximum Gasteiger partial charge on any atom is 0.373 e. The van der Waals surface area contributed by atoms with Crippen LogP contribution in [0.25, 0.3) is 10.9 Å². The lowest BCUT2D eigenvalue weighted by atomic mass is 10.0. The zero-order valence-electron chi connectivity index (χ0n) is 18.2. The molecule has 1 aliphatic heterocycles. The van der Waals surface area contributed by atoms with Gasteiger partial charge in [-0.15, -0.1) is 0 Å². The molecule has 3 aromatic rings. The number of aromatic nitrogens is 1. The number of fused-ring (bicyclic) bond motifs is 1. The van der Waals surface area contributed by atoms with Crippen LogP contribution < -0.4 is 4.74 Å². The molecule has 0 atom stereocenters. The number of aryl methyl sites for hydroxylation is 1. The molecule has 31 heavy (non-hydrogen) atoms. The summed E-state index contributed by atoms with van der Waals surface area (Å²) in [6.45, 7) is 7.75. The largest absolute Gasteiger partial charge is 0.491 e. The minimum atomic E-state index is 0.114. The maximum absolute atomic E-state index is 12.9. The number of carbonyl (C=O) groups is 1. The third kappa shape index (κ3) is 5.22. The summed E-state index contributed by atoms with van der Waals surface area (Å²) in [6.07, 6.45) is 4.62. The van der Waals surface area contributed by atoms with E-state index in [0.717, 1.165) is 37.2 Å². The summed E-state index contributed by atoms with van der Waals surface area (Å²) in [6, 6.07) is 16.5. The lowest BCUT2D eigenvalue weighted by molar-refractivity contribution is -0.191. The number of rotatable bonds is 4. The van der Waals surface area contributed by atoms with Crippen LogP contribution in [0, 0.1) is 6.92 Å². The minimum Gasteiger partial charge on any atom is -0.491 e. The van der Waals surface area contributed by atoms with Crippen molar-refractivity contribution in [2.75, 3.05) is 13.1 Å². The van der Waals surface area contributed by atoms with E-state index in [1.165, 1.54) is 16.5 Å². The molecular weight excluding hydrogens is 392 g/mol. The van der Waals surface area contributed by atoms with E-state index in [0.29, 0.717) is 6.04 Å². The number of carbonyl (C=O) groups excluding carboxylic acids is 3. The van der Waals surface area contributed by atoms with Crippen LogP contribution in [-0.2, 0) is 9.59 Å². The van der Waals surface area contributed by atoms with E-state index in [4.69, 9.17) is 14.3 Å². The summed E-state index contributed by atoms with van der Waals surface area (Å²) in [5.41, 5.74) is 3.35. The number of hydrogen-bond donors (Lipinski definition) is 0. The smallest absolute Gasteiger partial charge is 0.373 e. The molecule has 2 aromatic carbocycles. The van der Waals surface area contributed by atoms with Gasteiger partial charge in [-0.1, -0.05) is 18.2 Å². The van der Waals surface area contributed by atoms with Gasteiger partial charge in [0.15, 0.2) is 0 Å². The normalized spacial score (nSPS) is 14.1. The number of piperidine rings is 1. The van der Waals surface area contributed by atoms with Crippen molar-refractivity contribution in [3.8, 4) is 5.75 Å². The first-order valence-corrected chi connectivity index (χ1v) is 10.6. The van der Waals surface area contributed by atoms with E-state index in [1.54, 1.807) is 0 Å². The predicted molar refractivity (Wildman–Crippen MR) is 118 cm³/mol. The summed E-state index contributed by atoms with van der Waals surface area (Å²) in [7, 11) is 0. The van der Waals surface area contributed by atoms with Gasteiger partial charge in [0.05, 0.1) is 6.10 Å². The third-order valence-electron chi connectivity index (χ3n) is 5.56. The fraction of sp³-hybridized carbons (Fsp3) is 0.360. The molecule has 2 heterocycles. The third-order valence-corrected chi connectivity index (χ3v) is 5.56. The quantitative estimate of drug-likeness (QED) is 0.617. The number of amides is 1. The molecular formula is C25H28N2O4. The van der Waals surface area contributed by atoms with Crippen LogP contribution in [0.1, 0.15) is 48.7 Å². The SMILES string of the molecule is Cc1cn(C2CCN(C(=O)c3ccc(OC(C)C)cc3)CC2)c2ccccc12.O=C=O. The van der Waals surface area contributed by atoms with Gasteiger partial charge < -0.3 is 14.2 Å². The highest BCUT2D eigenvalue weighted by Crippen LogP contribution is 2.30. The van der Waals surface area contributed by atoms with E-state index in [1.807, 2.05) is 43.0 Å². The number of benzene rings is 2. The molecule has 1 aromatic heterocycles. The highest BCUT2D eigenvalue weighted by atomic mass is 16.5. The van der Waals surface area contributed by atoms with Crippen LogP contribution in [0.15, 0.2) is 54.7 Å². The first-order valence-electron chi connectivity index (χ1n) is 10.6. The summed E-state index contributed by atoms with van der Waals surface area (Å²) in [5, 5.41) is 1.32. The van der Waals surface area contributed by atoms with E-state index < -0.39 is 0 Å². The molecule has 0 unspecified atom stereocenters. The Labute approximate surface area is 182 Å². The lowest BCUT2D eigenvalue weighted by Gasteiger charge is -2.33. The van der Waals surface area contributed by atoms with Gasteiger partial charge in [-0.2, -0.15) is 9.59 Å². The fourth-order valence-electron chi connectivity index (χ4n) is 4.16. The summed E-state index contributed by atoms with van der Waals surface area (Å²) in [5.74, 6) is 0.920. The molecule has 0 spiro atoms. The first-order chi connectivity index (χ1) is 14.9. The van der Waals surface area contributed by atoms with Gasteiger partial charge in [-0.25, -0.2) is 0 Å². The van der Waals surface area contributed by atoms with Gasteiger partial charge in [0.2, 0.25) is 0 Å². The van der Waals surface area contributed by atoms with E-state index in [-0.39, 0.29) is 18.2 Å². The fourth-order valence-corrected chi connectivity index (χ4v) is 4.16. The molecule has 0 radical (unpaired) electrons. The molecule has 1 amide bonds. The zero-order chi connectivity index (χ0) is 22.4. The summed E-state index contributed by atoms with van der Waals surface area (Å²) >= 11 is 0. The monoisotopic (exact) mass is 420 g/mol. The van der Waals surface area contributed by atoms with Crippen molar-refractivity contribution < 1.29 is 19.1 Å². The van der Waals surface area contributed by atoms with Crippen molar-refractivity contribution in [1.82, 2.24) is 9.47 Å². The Morgan fingerprint density at radius 2 is 1.65 bits per heavy atom. The average molecular weight is 421 g/mol. The topological polar surface area (TPSA) is 68.6 Å². The van der Waals surface area contributed by atoms with Crippen LogP contribution in [0.3, 0.4) is 0 Å².